The van der Waals surface area contributed by atoms with Gasteiger partial charge in [-0.2, -0.15) is 0 Å². The van der Waals surface area contributed by atoms with E-state index in [9.17, 15) is 0 Å². The van der Waals surface area contributed by atoms with E-state index in [1.54, 1.807) is 0 Å². The highest BCUT2D eigenvalue weighted by Gasteiger charge is 2.20. The molecule has 0 atom stereocenters. The van der Waals surface area contributed by atoms with Crippen LogP contribution in [-0.4, -0.2) is 4.57 Å². The molecular formula is C48H32N2O. The quantitative estimate of drug-likeness (QED) is 0.178. The fraction of sp³-hybridized carbons (Fsp3) is 0. The van der Waals surface area contributed by atoms with E-state index >= 15 is 0 Å². The third kappa shape index (κ3) is 4.82. The van der Waals surface area contributed by atoms with Crippen LogP contribution in [0.3, 0.4) is 0 Å². The van der Waals surface area contributed by atoms with E-state index in [1.165, 1.54) is 38.5 Å². The Hall–Kier alpha value is -6.84. The van der Waals surface area contributed by atoms with Crippen LogP contribution in [0, 0.1) is 0 Å². The Labute approximate surface area is 295 Å². The fourth-order valence-corrected chi connectivity index (χ4v) is 7.69. The van der Waals surface area contributed by atoms with Crippen LogP contribution in [0.1, 0.15) is 0 Å². The van der Waals surface area contributed by atoms with Crippen LogP contribution in [0.5, 0.6) is 0 Å². The Morgan fingerprint density at radius 1 is 0.373 bits per heavy atom. The molecule has 51 heavy (non-hydrogen) atoms. The molecule has 0 aliphatic heterocycles. The number of furan rings is 1. The number of aromatic nitrogens is 1. The number of fused-ring (bicyclic) bond motifs is 6. The average Bonchev–Trinajstić information content (AvgIpc) is 3.75. The number of benzene rings is 8. The first-order valence-corrected chi connectivity index (χ1v) is 17.4. The Morgan fingerprint density at radius 2 is 0.902 bits per heavy atom. The predicted octanol–water partition coefficient (Wildman–Crippen LogP) is 13.5. The highest BCUT2D eigenvalue weighted by atomic mass is 16.3. The van der Waals surface area contributed by atoms with Crippen molar-refractivity contribution in [3.8, 4) is 27.9 Å². The molecule has 240 valence electrons. The van der Waals surface area contributed by atoms with E-state index in [4.69, 9.17) is 4.42 Å². The molecule has 0 amide bonds. The zero-order valence-corrected chi connectivity index (χ0v) is 27.8. The summed E-state index contributed by atoms with van der Waals surface area (Å²) in [4.78, 5) is 2.35. The van der Waals surface area contributed by atoms with Crippen LogP contribution < -0.4 is 4.90 Å². The van der Waals surface area contributed by atoms with Gasteiger partial charge in [-0.05, 0) is 77.4 Å². The highest BCUT2D eigenvalue weighted by molar-refractivity contribution is 6.13. The van der Waals surface area contributed by atoms with Crippen molar-refractivity contribution in [1.29, 1.82) is 0 Å². The second-order valence-corrected chi connectivity index (χ2v) is 12.9. The van der Waals surface area contributed by atoms with Crippen molar-refractivity contribution < 1.29 is 4.42 Å². The third-order valence-electron chi connectivity index (χ3n) is 10.0. The van der Waals surface area contributed by atoms with Crippen LogP contribution in [0.25, 0.3) is 71.7 Å². The van der Waals surface area contributed by atoms with Gasteiger partial charge in [0.2, 0.25) is 0 Å². The van der Waals surface area contributed by atoms with Gasteiger partial charge in [-0.3, -0.25) is 0 Å². The second-order valence-electron chi connectivity index (χ2n) is 12.9. The molecule has 0 saturated heterocycles. The van der Waals surface area contributed by atoms with Crippen molar-refractivity contribution in [3.05, 3.63) is 194 Å². The molecule has 0 spiro atoms. The number of hydrogen-bond donors (Lipinski definition) is 0. The molecule has 2 heterocycles. The molecule has 0 bridgehead atoms. The summed E-state index contributed by atoms with van der Waals surface area (Å²) in [6.07, 6.45) is 0. The zero-order chi connectivity index (χ0) is 33.7. The molecule has 0 aliphatic rings. The summed E-state index contributed by atoms with van der Waals surface area (Å²) in [7, 11) is 0. The first-order chi connectivity index (χ1) is 25.3. The van der Waals surface area contributed by atoms with Gasteiger partial charge < -0.3 is 13.9 Å². The van der Waals surface area contributed by atoms with Gasteiger partial charge in [0.15, 0.2) is 0 Å². The Morgan fingerprint density at radius 3 is 1.61 bits per heavy atom. The van der Waals surface area contributed by atoms with E-state index < -0.39 is 0 Å². The van der Waals surface area contributed by atoms with E-state index in [-0.39, 0.29) is 0 Å². The molecule has 0 unspecified atom stereocenters. The molecule has 0 radical (unpaired) electrons. The Bertz CT molecular complexity index is 2790. The van der Waals surface area contributed by atoms with Crippen molar-refractivity contribution in [2.75, 3.05) is 4.90 Å². The van der Waals surface area contributed by atoms with Gasteiger partial charge >= 0.3 is 0 Å². The smallest absolute Gasteiger partial charge is 0.137 e. The first-order valence-electron chi connectivity index (χ1n) is 17.4. The van der Waals surface area contributed by atoms with Crippen molar-refractivity contribution in [1.82, 2.24) is 4.57 Å². The average molecular weight is 653 g/mol. The van der Waals surface area contributed by atoms with Gasteiger partial charge in [-0.25, -0.2) is 0 Å². The largest absolute Gasteiger partial charge is 0.456 e. The minimum absolute atomic E-state index is 0.872. The van der Waals surface area contributed by atoms with Gasteiger partial charge in [-0.1, -0.05) is 133 Å². The lowest BCUT2D eigenvalue weighted by molar-refractivity contribution is 0.669. The lowest BCUT2D eigenvalue weighted by Gasteiger charge is -2.27. The molecule has 0 N–H and O–H groups in total. The summed E-state index contributed by atoms with van der Waals surface area (Å²) in [5.74, 6) is 0. The molecule has 10 aromatic rings. The third-order valence-corrected chi connectivity index (χ3v) is 10.0. The minimum atomic E-state index is 0.872. The van der Waals surface area contributed by atoms with Gasteiger partial charge in [0.05, 0.1) is 27.8 Å². The molecule has 0 fully saturated rings. The van der Waals surface area contributed by atoms with Crippen LogP contribution in [0.2, 0.25) is 0 Å². The molecule has 0 aliphatic carbocycles. The van der Waals surface area contributed by atoms with Crippen molar-refractivity contribution in [3.63, 3.8) is 0 Å². The SMILES string of the molecule is c1ccc(-c2ccc(N(c3ccc(-c4ccccc4-n4c5ccccc5c5ccccc54)cc3)c3cccc4oc5ccccc5c34)cc2)cc1. The topological polar surface area (TPSA) is 21.3 Å². The van der Waals surface area contributed by atoms with Gasteiger partial charge in [0.25, 0.3) is 0 Å². The Balaban J connectivity index is 1.13. The summed E-state index contributed by atoms with van der Waals surface area (Å²) >= 11 is 0. The second kappa shape index (κ2) is 11.9. The number of rotatable bonds is 6. The maximum atomic E-state index is 6.35. The van der Waals surface area contributed by atoms with Crippen LogP contribution >= 0.6 is 0 Å². The van der Waals surface area contributed by atoms with Gasteiger partial charge in [-0.15, -0.1) is 0 Å². The van der Waals surface area contributed by atoms with Gasteiger partial charge in [0.1, 0.15) is 11.2 Å². The molecule has 0 saturated carbocycles. The Kier molecular flexibility index (Phi) is 6.81. The van der Waals surface area contributed by atoms with Crippen LogP contribution in [0.15, 0.2) is 199 Å². The number of nitrogens with zero attached hydrogens (tertiary/aromatic N) is 2. The molecule has 3 heteroatoms. The lowest BCUT2D eigenvalue weighted by Crippen LogP contribution is -2.10. The summed E-state index contributed by atoms with van der Waals surface area (Å²) in [5, 5.41) is 4.72. The number of para-hydroxylation sites is 4. The van der Waals surface area contributed by atoms with Gasteiger partial charge in [0, 0.05) is 33.1 Å². The maximum Gasteiger partial charge on any atom is 0.137 e. The van der Waals surface area contributed by atoms with Crippen LogP contribution in [0.4, 0.5) is 17.1 Å². The van der Waals surface area contributed by atoms with E-state index in [0.717, 1.165) is 50.3 Å². The summed E-state index contributed by atoms with van der Waals surface area (Å²) in [6.45, 7) is 0. The molecule has 2 aromatic heterocycles. The molecule has 10 rings (SSSR count). The summed E-state index contributed by atoms with van der Waals surface area (Å²) < 4.78 is 8.75. The fourth-order valence-electron chi connectivity index (χ4n) is 7.69. The minimum Gasteiger partial charge on any atom is -0.456 e. The highest BCUT2D eigenvalue weighted by Crippen LogP contribution is 2.44. The molecule has 3 nitrogen and oxygen atoms in total. The standard InChI is InChI=1S/C48H32N2O/c1-2-13-33(14-3-1)34-25-29-36(30-26-34)49(45-22-12-24-47-48(45)41-18-7-11-23-46(41)51-47)37-31-27-35(28-32-37)38-15-4-8-19-42(38)50-43-20-9-5-16-39(43)40-17-6-10-21-44(40)50/h1-32H. The van der Waals surface area contributed by atoms with E-state index in [0.29, 0.717) is 0 Å². The molecule has 8 aromatic carbocycles. The number of anilines is 3. The van der Waals surface area contributed by atoms with Crippen molar-refractivity contribution >= 4 is 60.8 Å². The first kappa shape index (κ1) is 29.1. The maximum absolute atomic E-state index is 6.35. The molecular weight excluding hydrogens is 621 g/mol. The lowest BCUT2D eigenvalue weighted by atomic mass is 10.0. The van der Waals surface area contributed by atoms with E-state index in [2.05, 4.69) is 191 Å². The zero-order valence-electron chi connectivity index (χ0n) is 27.8. The van der Waals surface area contributed by atoms with Crippen molar-refractivity contribution in [2.24, 2.45) is 0 Å². The summed E-state index contributed by atoms with van der Waals surface area (Å²) in [6, 6.07) is 69.1. The predicted molar refractivity (Wildman–Crippen MR) is 214 cm³/mol. The number of hydrogen-bond acceptors (Lipinski definition) is 2. The van der Waals surface area contributed by atoms with Crippen molar-refractivity contribution in [2.45, 2.75) is 0 Å². The van der Waals surface area contributed by atoms with Crippen LogP contribution in [-0.2, 0) is 0 Å². The monoisotopic (exact) mass is 652 g/mol. The normalized spacial score (nSPS) is 11.5. The summed E-state index contributed by atoms with van der Waals surface area (Å²) in [5.41, 5.74) is 13.3. The van der Waals surface area contributed by atoms with E-state index in [1.807, 2.05) is 12.1 Å².